The Morgan fingerprint density at radius 1 is 1.03 bits per heavy atom. The highest BCUT2D eigenvalue weighted by Gasteiger charge is 2.46. The number of ketones is 1. The second-order valence-electron chi connectivity index (χ2n) is 6.87. The number of Topliss-reactive ketones (excluding diaryl/α,β-unsaturated/α-hetero) is 1. The van der Waals surface area contributed by atoms with Gasteiger partial charge in [0.05, 0.1) is 31.0 Å². The van der Waals surface area contributed by atoms with E-state index in [0.29, 0.717) is 29.2 Å². The van der Waals surface area contributed by atoms with Crippen molar-refractivity contribution in [2.45, 2.75) is 19.5 Å². The van der Waals surface area contributed by atoms with Gasteiger partial charge in [0.2, 0.25) is 0 Å². The molecule has 0 saturated carbocycles. The molecule has 1 aliphatic heterocycles. The van der Waals surface area contributed by atoms with Crippen LogP contribution in [0.2, 0.25) is 0 Å². The molecule has 30 heavy (non-hydrogen) atoms. The van der Waals surface area contributed by atoms with Crippen molar-refractivity contribution in [1.82, 2.24) is 4.90 Å². The van der Waals surface area contributed by atoms with Crippen LogP contribution < -0.4 is 4.74 Å². The molecule has 4 rings (SSSR count). The fourth-order valence-electron chi connectivity index (χ4n) is 3.62. The number of amides is 1. The minimum Gasteiger partial charge on any atom is -0.507 e. The lowest BCUT2D eigenvalue weighted by Gasteiger charge is -2.24. The number of aliphatic hydroxyl groups excluding tert-OH is 1. The number of aliphatic hydroxyl groups is 1. The Kier molecular flexibility index (Phi) is 5.39. The van der Waals surface area contributed by atoms with E-state index in [1.165, 1.54) is 11.2 Å². The fraction of sp³-hybridized carbons (Fsp3) is 0.167. The van der Waals surface area contributed by atoms with E-state index in [4.69, 9.17) is 9.15 Å². The van der Waals surface area contributed by atoms with Crippen LogP contribution in [0.4, 0.5) is 0 Å². The number of carbonyl (C=O) groups is 2. The molecular formula is C24H21NO5. The molecule has 1 N–H and O–H groups in total. The van der Waals surface area contributed by atoms with Gasteiger partial charge in [0.15, 0.2) is 0 Å². The number of nitrogens with zero attached hydrogens (tertiary/aromatic N) is 1. The standard InChI is InChI=1S/C24H21NO5/c1-2-29-18-12-10-16(11-13-18)21-20(22(26)17-7-4-3-5-8-17)23(27)24(28)25(21)15-19-9-6-14-30-19/h3-14,21,26H,2,15H2,1H3/t21-/m0/s1. The van der Waals surface area contributed by atoms with Crippen LogP contribution in [0.1, 0.15) is 29.9 Å². The van der Waals surface area contributed by atoms with E-state index in [9.17, 15) is 14.7 Å². The Balaban J connectivity index is 1.82. The molecule has 6 heteroatoms. The van der Waals surface area contributed by atoms with Gasteiger partial charge in [0.1, 0.15) is 17.3 Å². The Morgan fingerprint density at radius 2 is 1.77 bits per heavy atom. The second kappa shape index (κ2) is 8.29. The Morgan fingerprint density at radius 3 is 2.40 bits per heavy atom. The van der Waals surface area contributed by atoms with Gasteiger partial charge in [-0.1, -0.05) is 42.5 Å². The smallest absolute Gasteiger partial charge is 0.296 e. The van der Waals surface area contributed by atoms with Crippen molar-refractivity contribution in [3.63, 3.8) is 0 Å². The number of rotatable bonds is 6. The monoisotopic (exact) mass is 403 g/mol. The molecule has 1 aliphatic rings. The molecule has 1 aromatic heterocycles. The van der Waals surface area contributed by atoms with Crippen molar-refractivity contribution in [1.29, 1.82) is 0 Å². The van der Waals surface area contributed by atoms with Gasteiger partial charge in [-0.25, -0.2) is 0 Å². The maximum absolute atomic E-state index is 12.9. The lowest BCUT2D eigenvalue weighted by atomic mass is 9.95. The molecule has 1 amide bonds. The summed E-state index contributed by atoms with van der Waals surface area (Å²) in [5.74, 6) is -0.362. The minimum atomic E-state index is -0.744. The van der Waals surface area contributed by atoms with Crippen LogP contribution in [0.15, 0.2) is 83.0 Å². The molecular weight excluding hydrogens is 382 g/mol. The predicted octanol–water partition coefficient (Wildman–Crippen LogP) is 4.30. The van der Waals surface area contributed by atoms with Gasteiger partial charge < -0.3 is 19.2 Å². The third-order valence-corrected chi connectivity index (χ3v) is 5.00. The summed E-state index contributed by atoms with van der Waals surface area (Å²) in [6, 6.07) is 18.6. The molecule has 1 atom stereocenters. The maximum Gasteiger partial charge on any atom is 0.296 e. The topological polar surface area (TPSA) is 80.0 Å². The molecule has 0 aliphatic carbocycles. The molecule has 3 aromatic rings. The normalized spacial score (nSPS) is 18.0. The van der Waals surface area contributed by atoms with Crippen LogP contribution in [0.25, 0.3) is 5.76 Å². The van der Waals surface area contributed by atoms with Crippen LogP contribution in [-0.4, -0.2) is 28.3 Å². The molecule has 1 saturated heterocycles. The first-order chi connectivity index (χ1) is 14.6. The van der Waals surface area contributed by atoms with Gasteiger partial charge in [0, 0.05) is 5.56 Å². The van der Waals surface area contributed by atoms with Gasteiger partial charge >= 0.3 is 0 Å². The molecule has 0 unspecified atom stereocenters. The molecule has 6 nitrogen and oxygen atoms in total. The Hall–Kier alpha value is -3.80. The number of furan rings is 1. The molecule has 2 aromatic carbocycles. The summed E-state index contributed by atoms with van der Waals surface area (Å²) in [7, 11) is 0. The summed E-state index contributed by atoms with van der Waals surface area (Å²) in [5, 5.41) is 11.0. The second-order valence-corrected chi connectivity index (χ2v) is 6.87. The summed E-state index contributed by atoms with van der Waals surface area (Å²) in [6.45, 7) is 2.54. The first kappa shape index (κ1) is 19.5. The summed E-state index contributed by atoms with van der Waals surface area (Å²) >= 11 is 0. The summed E-state index contributed by atoms with van der Waals surface area (Å²) in [5.41, 5.74) is 1.23. The summed E-state index contributed by atoms with van der Waals surface area (Å²) in [4.78, 5) is 27.3. The van der Waals surface area contributed by atoms with Crippen molar-refractivity contribution in [3.8, 4) is 5.75 Å². The highest BCUT2D eigenvalue weighted by atomic mass is 16.5. The van der Waals surface area contributed by atoms with E-state index in [0.717, 1.165) is 0 Å². The quantitative estimate of drug-likeness (QED) is 0.377. The Labute approximate surface area is 174 Å². The van der Waals surface area contributed by atoms with Crippen molar-refractivity contribution in [2.24, 2.45) is 0 Å². The fourth-order valence-corrected chi connectivity index (χ4v) is 3.62. The van der Waals surface area contributed by atoms with Gasteiger partial charge in [-0.15, -0.1) is 0 Å². The SMILES string of the molecule is CCOc1ccc([C@H]2C(=C(O)c3ccccc3)C(=O)C(=O)N2Cc2ccco2)cc1. The summed E-state index contributed by atoms with van der Waals surface area (Å²) < 4.78 is 10.9. The van der Waals surface area contributed by atoms with E-state index < -0.39 is 17.7 Å². The van der Waals surface area contributed by atoms with Crippen LogP contribution in [0.5, 0.6) is 5.75 Å². The zero-order chi connectivity index (χ0) is 21.1. The minimum absolute atomic E-state index is 0.0573. The average molecular weight is 403 g/mol. The van der Waals surface area contributed by atoms with Gasteiger partial charge in [-0.2, -0.15) is 0 Å². The van der Waals surface area contributed by atoms with E-state index in [1.807, 2.05) is 13.0 Å². The average Bonchev–Trinajstić information content (AvgIpc) is 3.37. The van der Waals surface area contributed by atoms with E-state index in [2.05, 4.69) is 0 Å². The van der Waals surface area contributed by atoms with E-state index in [-0.39, 0.29) is 17.9 Å². The first-order valence-corrected chi connectivity index (χ1v) is 9.69. The first-order valence-electron chi connectivity index (χ1n) is 9.69. The summed E-state index contributed by atoms with van der Waals surface area (Å²) in [6.07, 6.45) is 1.52. The third-order valence-electron chi connectivity index (χ3n) is 5.00. The lowest BCUT2D eigenvalue weighted by molar-refractivity contribution is -0.140. The highest BCUT2D eigenvalue weighted by molar-refractivity contribution is 6.46. The third kappa shape index (κ3) is 3.59. The van der Waals surface area contributed by atoms with Gasteiger partial charge in [-0.05, 0) is 36.8 Å². The lowest BCUT2D eigenvalue weighted by Crippen LogP contribution is -2.29. The number of hydrogen-bond donors (Lipinski definition) is 1. The predicted molar refractivity (Wildman–Crippen MR) is 111 cm³/mol. The number of carbonyl (C=O) groups excluding carboxylic acids is 2. The molecule has 0 radical (unpaired) electrons. The molecule has 0 spiro atoms. The van der Waals surface area contributed by atoms with Gasteiger partial charge in [0.25, 0.3) is 11.7 Å². The highest BCUT2D eigenvalue weighted by Crippen LogP contribution is 2.40. The number of ether oxygens (including phenoxy) is 1. The zero-order valence-electron chi connectivity index (χ0n) is 16.4. The van der Waals surface area contributed by atoms with Crippen molar-refractivity contribution < 1.29 is 23.8 Å². The van der Waals surface area contributed by atoms with Crippen molar-refractivity contribution in [2.75, 3.05) is 6.61 Å². The van der Waals surface area contributed by atoms with E-state index in [1.54, 1.807) is 60.7 Å². The number of benzene rings is 2. The number of hydrogen-bond acceptors (Lipinski definition) is 5. The molecule has 152 valence electrons. The molecule has 0 bridgehead atoms. The maximum atomic E-state index is 12.9. The number of likely N-dealkylation sites (tertiary alicyclic amines) is 1. The van der Waals surface area contributed by atoms with Crippen LogP contribution in [0, 0.1) is 0 Å². The van der Waals surface area contributed by atoms with Crippen molar-refractivity contribution >= 4 is 17.4 Å². The molecule has 2 heterocycles. The van der Waals surface area contributed by atoms with E-state index >= 15 is 0 Å². The molecule has 1 fully saturated rings. The largest absolute Gasteiger partial charge is 0.507 e. The van der Waals surface area contributed by atoms with Crippen LogP contribution in [-0.2, 0) is 16.1 Å². The van der Waals surface area contributed by atoms with Crippen LogP contribution >= 0.6 is 0 Å². The zero-order valence-corrected chi connectivity index (χ0v) is 16.4. The van der Waals surface area contributed by atoms with Crippen molar-refractivity contribution in [3.05, 3.63) is 95.5 Å². The Bertz CT molecular complexity index is 1070. The van der Waals surface area contributed by atoms with Crippen LogP contribution in [0.3, 0.4) is 0 Å². The van der Waals surface area contributed by atoms with Gasteiger partial charge in [-0.3, -0.25) is 9.59 Å².